The summed E-state index contributed by atoms with van der Waals surface area (Å²) < 4.78 is 5.08. The molecule has 0 aliphatic rings. The first kappa shape index (κ1) is 13.1. The van der Waals surface area contributed by atoms with Gasteiger partial charge in [0.1, 0.15) is 0 Å². The number of hydrogen-bond donors (Lipinski definition) is 2. The highest BCUT2D eigenvalue weighted by Gasteiger charge is 2.19. The van der Waals surface area contributed by atoms with Crippen molar-refractivity contribution in [1.29, 1.82) is 0 Å². The summed E-state index contributed by atoms with van der Waals surface area (Å²) in [5.41, 5.74) is 1.40. The molecule has 2 N–H and O–H groups in total. The molecule has 0 atom stereocenters. The van der Waals surface area contributed by atoms with Crippen LogP contribution in [0, 0.1) is 0 Å². The van der Waals surface area contributed by atoms with E-state index in [4.69, 9.17) is 4.52 Å². The monoisotopic (exact) mass is 259 g/mol. The molecule has 1 aromatic carbocycles. The van der Waals surface area contributed by atoms with E-state index in [9.17, 15) is 4.79 Å². The van der Waals surface area contributed by atoms with Crippen molar-refractivity contribution in [3.8, 4) is 0 Å². The zero-order chi connectivity index (χ0) is 13.9. The average molecular weight is 259 g/mol. The van der Waals surface area contributed by atoms with Crippen LogP contribution in [-0.4, -0.2) is 11.2 Å². The molecule has 0 aliphatic heterocycles. The molecule has 5 nitrogen and oxygen atoms in total. The molecular formula is C14H17N3O2. The Bertz CT molecular complexity index is 556. The Morgan fingerprint density at radius 3 is 2.42 bits per heavy atom. The normalized spacial score (nSPS) is 11.1. The number of anilines is 2. The van der Waals surface area contributed by atoms with Gasteiger partial charge in [0.2, 0.25) is 5.88 Å². The van der Waals surface area contributed by atoms with Crippen LogP contribution in [0.3, 0.4) is 0 Å². The fraction of sp³-hybridized carbons (Fsp3) is 0.286. The number of aromatic nitrogens is 1. The predicted molar refractivity (Wildman–Crippen MR) is 74.3 cm³/mol. The third-order valence-corrected chi connectivity index (χ3v) is 2.55. The third-order valence-electron chi connectivity index (χ3n) is 2.55. The fourth-order valence-corrected chi connectivity index (χ4v) is 1.48. The van der Waals surface area contributed by atoms with Crippen molar-refractivity contribution in [1.82, 2.24) is 5.16 Å². The van der Waals surface area contributed by atoms with Crippen molar-refractivity contribution in [2.75, 3.05) is 10.6 Å². The van der Waals surface area contributed by atoms with E-state index >= 15 is 0 Å². The molecular weight excluding hydrogens is 242 g/mol. The van der Waals surface area contributed by atoms with E-state index < -0.39 is 0 Å². The summed E-state index contributed by atoms with van der Waals surface area (Å²) >= 11 is 0. The topological polar surface area (TPSA) is 67.2 Å². The maximum atomic E-state index is 11.7. The minimum atomic E-state index is -0.359. The highest BCUT2D eigenvalue weighted by Crippen LogP contribution is 2.23. The molecule has 0 saturated heterocycles. The Morgan fingerprint density at radius 2 is 1.84 bits per heavy atom. The molecule has 0 radical (unpaired) electrons. The van der Waals surface area contributed by atoms with E-state index in [0.717, 1.165) is 11.4 Å². The molecule has 2 rings (SSSR count). The van der Waals surface area contributed by atoms with Gasteiger partial charge >= 0.3 is 6.03 Å². The summed E-state index contributed by atoms with van der Waals surface area (Å²) in [4.78, 5) is 11.7. The van der Waals surface area contributed by atoms with Crippen LogP contribution in [0.5, 0.6) is 0 Å². The highest BCUT2D eigenvalue weighted by molar-refractivity contribution is 5.98. The summed E-state index contributed by atoms with van der Waals surface area (Å²) in [5, 5.41) is 9.23. The number of carbonyl (C=O) groups is 1. The minimum Gasteiger partial charge on any atom is -0.338 e. The summed E-state index contributed by atoms with van der Waals surface area (Å²) in [6, 6.07) is 10.6. The van der Waals surface area contributed by atoms with E-state index in [1.165, 1.54) is 0 Å². The molecule has 0 saturated carbocycles. The second-order valence-corrected chi connectivity index (χ2v) is 5.27. The number of benzene rings is 1. The summed E-state index contributed by atoms with van der Waals surface area (Å²) in [6.07, 6.45) is 0. The van der Waals surface area contributed by atoms with Crippen molar-refractivity contribution in [3.63, 3.8) is 0 Å². The van der Waals surface area contributed by atoms with Crippen LogP contribution in [-0.2, 0) is 5.41 Å². The van der Waals surface area contributed by atoms with Crippen LogP contribution >= 0.6 is 0 Å². The van der Waals surface area contributed by atoms with E-state index in [0.29, 0.717) is 5.88 Å². The first-order chi connectivity index (χ1) is 8.95. The second kappa shape index (κ2) is 5.14. The van der Waals surface area contributed by atoms with Crippen LogP contribution in [0.1, 0.15) is 26.5 Å². The number of hydrogen-bond acceptors (Lipinski definition) is 3. The summed E-state index contributed by atoms with van der Waals surface area (Å²) in [7, 11) is 0. The number of nitrogens with one attached hydrogen (secondary N) is 2. The van der Waals surface area contributed by atoms with Gasteiger partial charge in [0.15, 0.2) is 0 Å². The quantitative estimate of drug-likeness (QED) is 0.865. The van der Waals surface area contributed by atoms with Gasteiger partial charge in [-0.2, -0.15) is 0 Å². The van der Waals surface area contributed by atoms with Crippen molar-refractivity contribution in [3.05, 3.63) is 42.1 Å². The number of carbonyl (C=O) groups excluding carboxylic acids is 1. The molecule has 19 heavy (non-hydrogen) atoms. The molecule has 0 spiro atoms. The van der Waals surface area contributed by atoms with E-state index in [1.807, 2.05) is 39.0 Å². The van der Waals surface area contributed by atoms with Gasteiger partial charge in [0.25, 0.3) is 0 Å². The Morgan fingerprint density at radius 1 is 1.16 bits per heavy atom. The smallest absolute Gasteiger partial charge is 0.326 e. The average Bonchev–Trinajstić information content (AvgIpc) is 2.78. The maximum Gasteiger partial charge on any atom is 0.326 e. The number of nitrogens with zero attached hydrogens (tertiary/aromatic N) is 1. The molecule has 1 heterocycles. The maximum absolute atomic E-state index is 11.7. The lowest BCUT2D eigenvalue weighted by Crippen LogP contribution is -2.19. The predicted octanol–water partition coefficient (Wildman–Crippen LogP) is 3.62. The Balaban J connectivity index is 1.98. The fourth-order valence-electron chi connectivity index (χ4n) is 1.48. The molecule has 0 aliphatic carbocycles. The zero-order valence-electron chi connectivity index (χ0n) is 11.2. The van der Waals surface area contributed by atoms with Gasteiger partial charge < -0.3 is 9.84 Å². The summed E-state index contributed by atoms with van der Waals surface area (Å²) in [6.45, 7) is 6.08. The van der Waals surface area contributed by atoms with E-state index in [1.54, 1.807) is 18.2 Å². The van der Waals surface area contributed by atoms with Gasteiger partial charge in [-0.1, -0.05) is 44.1 Å². The van der Waals surface area contributed by atoms with Gasteiger partial charge in [0, 0.05) is 17.2 Å². The zero-order valence-corrected chi connectivity index (χ0v) is 11.2. The molecule has 0 unspecified atom stereocenters. The largest absolute Gasteiger partial charge is 0.338 e. The molecule has 1 aromatic heterocycles. The van der Waals surface area contributed by atoms with E-state index in [2.05, 4.69) is 15.8 Å². The number of para-hydroxylation sites is 1. The van der Waals surface area contributed by atoms with Gasteiger partial charge in [-0.25, -0.2) is 4.79 Å². The number of rotatable bonds is 2. The SMILES string of the molecule is CC(C)(C)c1cc(NC(=O)Nc2ccccc2)on1. The van der Waals surface area contributed by atoms with Gasteiger partial charge in [-0.3, -0.25) is 5.32 Å². The van der Waals surface area contributed by atoms with Crippen molar-refractivity contribution in [2.24, 2.45) is 0 Å². The lowest BCUT2D eigenvalue weighted by Gasteiger charge is -2.12. The Kier molecular flexibility index (Phi) is 3.55. The molecule has 2 aromatic rings. The van der Waals surface area contributed by atoms with Crippen LogP contribution in [0.15, 0.2) is 40.9 Å². The van der Waals surface area contributed by atoms with Crippen molar-refractivity contribution in [2.45, 2.75) is 26.2 Å². The standard InChI is InChI=1S/C14H17N3O2/c1-14(2,3)11-9-12(19-17-11)16-13(18)15-10-7-5-4-6-8-10/h4-9H,1-3H3,(H2,15,16,18). The van der Waals surface area contributed by atoms with Gasteiger partial charge in [-0.05, 0) is 12.1 Å². The molecule has 5 heteroatoms. The lowest BCUT2D eigenvalue weighted by atomic mass is 9.92. The van der Waals surface area contributed by atoms with Crippen LogP contribution in [0.25, 0.3) is 0 Å². The van der Waals surface area contributed by atoms with Gasteiger partial charge in [0.05, 0.1) is 5.69 Å². The number of urea groups is 1. The highest BCUT2D eigenvalue weighted by atomic mass is 16.5. The minimum absolute atomic E-state index is 0.112. The second-order valence-electron chi connectivity index (χ2n) is 5.27. The molecule has 2 amide bonds. The van der Waals surface area contributed by atoms with Gasteiger partial charge in [-0.15, -0.1) is 0 Å². The molecule has 0 fully saturated rings. The van der Waals surface area contributed by atoms with Crippen LogP contribution in [0.2, 0.25) is 0 Å². The molecule has 100 valence electrons. The lowest BCUT2D eigenvalue weighted by molar-refractivity contribution is 0.261. The molecule has 0 bridgehead atoms. The van der Waals surface area contributed by atoms with Crippen LogP contribution in [0.4, 0.5) is 16.4 Å². The number of amides is 2. The van der Waals surface area contributed by atoms with Crippen molar-refractivity contribution >= 4 is 17.6 Å². The Labute approximate surface area is 112 Å². The van der Waals surface area contributed by atoms with Crippen molar-refractivity contribution < 1.29 is 9.32 Å². The van der Waals surface area contributed by atoms with Crippen LogP contribution < -0.4 is 10.6 Å². The van der Waals surface area contributed by atoms with E-state index in [-0.39, 0.29) is 11.4 Å². The first-order valence-corrected chi connectivity index (χ1v) is 6.05. The first-order valence-electron chi connectivity index (χ1n) is 6.05. The third kappa shape index (κ3) is 3.58. The Hall–Kier alpha value is -2.30. The summed E-state index contributed by atoms with van der Waals surface area (Å²) in [5.74, 6) is 0.332.